The minimum Gasteiger partial charge on any atom is -0.350 e. The number of hydrogen-bond donors (Lipinski definition) is 2. The third-order valence-electron chi connectivity index (χ3n) is 3.79. The van der Waals surface area contributed by atoms with Crippen LogP contribution in [0.3, 0.4) is 0 Å². The fourth-order valence-electron chi connectivity index (χ4n) is 2.52. The van der Waals surface area contributed by atoms with E-state index in [1.54, 1.807) is 12.1 Å². The molecule has 8 heteroatoms. The largest absolute Gasteiger partial charge is 0.350 e. The Hall–Kier alpha value is -2.16. The summed E-state index contributed by atoms with van der Waals surface area (Å²) in [4.78, 5) is 12.2. The Morgan fingerprint density at radius 2 is 1.84 bits per heavy atom. The molecular weight excluding hydrogens is 406 g/mol. The lowest BCUT2D eigenvalue weighted by molar-refractivity contribution is -0.121. The number of aromatic nitrogens is 1. The van der Waals surface area contributed by atoms with Gasteiger partial charge in [-0.15, -0.1) is 0 Å². The number of hydrogen-bond acceptors (Lipinski definition) is 3. The first-order valence-corrected chi connectivity index (χ1v) is 9.80. The van der Waals surface area contributed by atoms with Crippen molar-refractivity contribution in [2.45, 2.75) is 18.0 Å². The molecule has 2 aromatic carbocycles. The third kappa shape index (κ3) is 4.28. The number of fused-ring (bicyclic) bond motifs is 1. The molecule has 3 N–H and O–H groups in total. The number of sulfonamides is 1. The maximum absolute atomic E-state index is 12.2. The lowest BCUT2D eigenvalue weighted by Gasteiger charge is -2.08. The lowest BCUT2D eigenvalue weighted by Crippen LogP contribution is -2.26. The van der Waals surface area contributed by atoms with Gasteiger partial charge < -0.3 is 9.88 Å². The van der Waals surface area contributed by atoms with Crippen molar-refractivity contribution in [2.24, 2.45) is 5.14 Å². The number of carbonyl (C=O) groups excluding carboxylic acids is 1. The molecule has 130 valence electrons. The minimum absolute atomic E-state index is 0.0487. The van der Waals surface area contributed by atoms with Crippen LogP contribution in [-0.2, 0) is 27.9 Å². The monoisotopic (exact) mass is 421 g/mol. The van der Waals surface area contributed by atoms with Gasteiger partial charge in [0.1, 0.15) is 6.54 Å². The average Bonchev–Trinajstić information content (AvgIpc) is 2.94. The second-order valence-electron chi connectivity index (χ2n) is 5.61. The summed E-state index contributed by atoms with van der Waals surface area (Å²) >= 11 is 3.43. The van der Waals surface area contributed by atoms with Crippen LogP contribution < -0.4 is 10.5 Å². The van der Waals surface area contributed by atoms with E-state index < -0.39 is 10.0 Å². The van der Waals surface area contributed by atoms with Gasteiger partial charge in [-0.1, -0.05) is 28.1 Å². The van der Waals surface area contributed by atoms with Crippen molar-refractivity contribution < 1.29 is 13.2 Å². The highest BCUT2D eigenvalue weighted by atomic mass is 79.9. The minimum atomic E-state index is -3.70. The van der Waals surface area contributed by atoms with Crippen molar-refractivity contribution >= 4 is 42.8 Å². The van der Waals surface area contributed by atoms with E-state index in [0.29, 0.717) is 6.54 Å². The molecule has 6 nitrogen and oxygen atoms in total. The number of nitrogens with zero attached hydrogens (tertiary/aromatic N) is 1. The predicted molar refractivity (Wildman–Crippen MR) is 99.3 cm³/mol. The molecule has 25 heavy (non-hydrogen) atoms. The van der Waals surface area contributed by atoms with E-state index in [1.807, 2.05) is 35.0 Å². The molecule has 3 aromatic rings. The predicted octanol–water partition coefficient (Wildman–Crippen LogP) is 2.37. The number of benzene rings is 2. The quantitative estimate of drug-likeness (QED) is 0.661. The summed E-state index contributed by atoms with van der Waals surface area (Å²) in [5.41, 5.74) is 1.78. The Bertz CT molecular complexity index is 1030. The topological polar surface area (TPSA) is 94.2 Å². The van der Waals surface area contributed by atoms with Crippen molar-refractivity contribution in [1.29, 1.82) is 0 Å². The fourth-order valence-corrected chi connectivity index (χ4v) is 3.41. The number of nitrogens with two attached hydrogens (primary N) is 1. The summed E-state index contributed by atoms with van der Waals surface area (Å²) in [6.45, 7) is 0.523. The van der Waals surface area contributed by atoms with Crippen LogP contribution in [0.2, 0.25) is 0 Å². The zero-order chi connectivity index (χ0) is 18.0. The summed E-state index contributed by atoms with van der Waals surface area (Å²) in [7, 11) is -3.70. The SMILES string of the molecule is NS(=O)(=O)c1ccc(CNC(=O)Cn2ccc3cc(Br)ccc32)cc1. The molecule has 0 fully saturated rings. The van der Waals surface area contributed by atoms with E-state index in [9.17, 15) is 13.2 Å². The van der Waals surface area contributed by atoms with Gasteiger partial charge in [0.25, 0.3) is 0 Å². The first kappa shape index (κ1) is 17.7. The zero-order valence-corrected chi connectivity index (χ0v) is 15.5. The molecule has 0 unspecified atom stereocenters. The number of carbonyl (C=O) groups is 1. The summed E-state index contributed by atoms with van der Waals surface area (Å²) in [5.74, 6) is -0.129. The Labute approximate surface area is 153 Å². The second kappa shape index (κ2) is 6.99. The van der Waals surface area contributed by atoms with E-state index in [2.05, 4.69) is 21.2 Å². The first-order chi connectivity index (χ1) is 11.8. The average molecular weight is 422 g/mol. The maximum Gasteiger partial charge on any atom is 0.240 e. The number of nitrogens with one attached hydrogen (secondary N) is 1. The molecule has 0 saturated heterocycles. The van der Waals surface area contributed by atoms with Crippen molar-refractivity contribution in [3.63, 3.8) is 0 Å². The van der Waals surface area contributed by atoms with Crippen LogP contribution in [0.4, 0.5) is 0 Å². The number of halogens is 1. The van der Waals surface area contributed by atoms with Gasteiger partial charge in [-0.05, 0) is 42.0 Å². The summed E-state index contributed by atoms with van der Waals surface area (Å²) in [6, 6.07) is 14.0. The molecule has 0 aliphatic carbocycles. The molecule has 0 atom stereocenters. The first-order valence-electron chi connectivity index (χ1n) is 7.46. The number of rotatable bonds is 5. The van der Waals surface area contributed by atoms with Crippen molar-refractivity contribution in [1.82, 2.24) is 9.88 Å². The summed E-state index contributed by atoms with van der Waals surface area (Å²) in [5, 5.41) is 8.93. The Morgan fingerprint density at radius 1 is 1.12 bits per heavy atom. The van der Waals surface area contributed by atoms with Crippen LogP contribution in [0.25, 0.3) is 10.9 Å². The molecule has 1 aromatic heterocycles. The van der Waals surface area contributed by atoms with Gasteiger partial charge in [-0.3, -0.25) is 4.79 Å². The van der Waals surface area contributed by atoms with Gasteiger partial charge in [0.15, 0.2) is 0 Å². The van der Waals surface area contributed by atoms with Gasteiger partial charge in [0, 0.05) is 28.1 Å². The zero-order valence-electron chi connectivity index (χ0n) is 13.1. The maximum atomic E-state index is 12.2. The third-order valence-corrected chi connectivity index (χ3v) is 5.21. The molecule has 1 heterocycles. The molecule has 0 aliphatic heterocycles. The van der Waals surface area contributed by atoms with E-state index in [0.717, 1.165) is 20.9 Å². The van der Waals surface area contributed by atoms with Gasteiger partial charge in [-0.2, -0.15) is 0 Å². The Kier molecular flexibility index (Phi) is 4.94. The van der Waals surface area contributed by atoms with Crippen LogP contribution >= 0.6 is 15.9 Å². The molecule has 3 rings (SSSR count). The standard InChI is InChI=1S/C17H16BrN3O3S/c18-14-3-6-16-13(9-14)7-8-21(16)11-17(22)20-10-12-1-4-15(5-2-12)25(19,23)24/h1-9H,10-11H2,(H,20,22)(H2,19,23,24). The molecule has 0 aliphatic rings. The van der Waals surface area contributed by atoms with Gasteiger partial charge in [-0.25, -0.2) is 13.6 Å². The molecule has 0 saturated carbocycles. The fraction of sp³-hybridized carbons (Fsp3) is 0.118. The highest BCUT2D eigenvalue weighted by Gasteiger charge is 2.09. The van der Waals surface area contributed by atoms with Crippen molar-refractivity contribution in [2.75, 3.05) is 0 Å². The molecule has 0 radical (unpaired) electrons. The van der Waals surface area contributed by atoms with E-state index in [1.165, 1.54) is 12.1 Å². The van der Waals surface area contributed by atoms with E-state index in [4.69, 9.17) is 5.14 Å². The molecule has 0 bridgehead atoms. The van der Waals surface area contributed by atoms with Gasteiger partial charge in [0.05, 0.1) is 4.90 Å². The summed E-state index contributed by atoms with van der Waals surface area (Å²) < 4.78 is 25.3. The van der Waals surface area contributed by atoms with Gasteiger partial charge in [0.2, 0.25) is 15.9 Å². The highest BCUT2D eigenvalue weighted by molar-refractivity contribution is 9.10. The summed E-state index contributed by atoms with van der Waals surface area (Å²) in [6.07, 6.45) is 1.87. The Balaban J connectivity index is 1.62. The normalized spacial score (nSPS) is 11.6. The van der Waals surface area contributed by atoms with Crippen molar-refractivity contribution in [3.8, 4) is 0 Å². The van der Waals surface area contributed by atoms with Crippen LogP contribution in [0.15, 0.2) is 64.1 Å². The van der Waals surface area contributed by atoms with Crippen molar-refractivity contribution in [3.05, 3.63) is 64.8 Å². The van der Waals surface area contributed by atoms with E-state index in [-0.39, 0.29) is 17.3 Å². The Morgan fingerprint density at radius 3 is 2.52 bits per heavy atom. The lowest BCUT2D eigenvalue weighted by atomic mass is 10.2. The number of primary sulfonamides is 1. The molecule has 1 amide bonds. The highest BCUT2D eigenvalue weighted by Crippen LogP contribution is 2.20. The van der Waals surface area contributed by atoms with Gasteiger partial charge >= 0.3 is 0 Å². The smallest absolute Gasteiger partial charge is 0.240 e. The van der Waals surface area contributed by atoms with Crippen LogP contribution in [0.1, 0.15) is 5.56 Å². The van der Waals surface area contributed by atoms with E-state index >= 15 is 0 Å². The molecule has 0 spiro atoms. The molecular formula is C17H16BrN3O3S. The number of amides is 1. The van der Waals surface area contributed by atoms with Crippen LogP contribution in [-0.4, -0.2) is 18.9 Å². The van der Waals surface area contributed by atoms with Crippen LogP contribution in [0, 0.1) is 0 Å². The second-order valence-corrected chi connectivity index (χ2v) is 8.09. The van der Waals surface area contributed by atoms with Crippen LogP contribution in [0.5, 0.6) is 0 Å².